The van der Waals surface area contributed by atoms with E-state index < -0.39 is 4.92 Å². The monoisotopic (exact) mass is 292 g/mol. The van der Waals surface area contributed by atoms with E-state index in [1.807, 2.05) is 0 Å². The molecular weight excluding hydrogens is 280 g/mol. The van der Waals surface area contributed by atoms with Crippen molar-refractivity contribution in [3.8, 4) is 0 Å². The number of non-ortho nitro benzene ring substituents is 1. The number of amides is 1. The Labute approximate surface area is 119 Å². The van der Waals surface area contributed by atoms with Gasteiger partial charge in [0.2, 0.25) is 5.91 Å². The minimum atomic E-state index is -0.456. The van der Waals surface area contributed by atoms with Crippen molar-refractivity contribution in [3.05, 3.63) is 39.9 Å². The van der Waals surface area contributed by atoms with Crippen LogP contribution in [0.5, 0.6) is 0 Å². The molecule has 2 rings (SSSR count). The van der Waals surface area contributed by atoms with Crippen LogP contribution in [0.2, 0.25) is 0 Å². The minimum Gasteiger partial charge on any atom is -0.303 e. The molecule has 1 N–H and O–H groups in total. The van der Waals surface area contributed by atoms with E-state index in [0.717, 1.165) is 5.56 Å². The lowest BCUT2D eigenvalue weighted by molar-refractivity contribution is -0.384. The maximum atomic E-state index is 11.3. The highest BCUT2D eigenvalue weighted by atomic mass is 32.2. The summed E-state index contributed by atoms with van der Waals surface area (Å²) < 4.78 is 0. The maximum absolute atomic E-state index is 11.3. The molecule has 0 aromatic heterocycles. The normalized spacial score (nSPS) is 21.1. The zero-order chi connectivity index (χ0) is 14.7. The number of nitrogens with one attached hydrogen (secondary N) is 1. The van der Waals surface area contributed by atoms with Crippen LogP contribution in [0.15, 0.2) is 34.5 Å². The summed E-state index contributed by atoms with van der Waals surface area (Å²) in [5.74, 6) is -0.0862. The third-order valence-corrected chi connectivity index (χ3v) is 3.65. The number of benzene rings is 1. The highest BCUT2D eigenvalue weighted by molar-refractivity contribution is 8.15. The molecule has 7 nitrogen and oxygen atoms in total. The number of nitro benzene ring substituents is 1. The van der Waals surface area contributed by atoms with Crippen LogP contribution in [0.1, 0.15) is 19.4 Å². The summed E-state index contributed by atoms with van der Waals surface area (Å²) >= 11 is 1.31. The van der Waals surface area contributed by atoms with Gasteiger partial charge >= 0.3 is 0 Å². The van der Waals surface area contributed by atoms with Crippen molar-refractivity contribution in [3.63, 3.8) is 0 Å². The second-order valence-corrected chi connectivity index (χ2v) is 5.47. The van der Waals surface area contributed by atoms with Gasteiger partial charge in [0.05, 0.1) is 15.9 Å². The molecule has 1 saturated heterocycles. The Morgan fingerprint density at radius 2 is 2.05 bits per heavy atom. The average Bonchev–Trinajstić information content (AvgIpc) is 2.75. The summed E-state index contributed by atoms with van der Waals surface area (Å²) in [5, 5.41) is 21.4. The molecule has 1 aromatic rings. The number of hydrogen-bond acceptors (Lipinski definition) is 6. The van der Waals surface area contributed by atoms with Gasteiger partial charge in [-0.2, -0.15) is 5.10 Å². The van der Waals surface area contributed by atoms with Crippen molar-refractivity contribution in [2.45, 2.75) is 19.1 Å². The van der Waals surface area contributed by atoms with Gasteiger partial charge in [0.1, 0.15) is 0 Å². The predicted molar refractivity (Wildman–Crippen MR) is 77.9 cm³/mol. The molecule has 1 aliphatic heterocycles. The summed E-state index contributed by atoms with van der Waals surface area (Å²) in [6.45, 7) is 3.53. The fraction of sp³-hybridized carbons (Fsp3) is 0.250. The van der Waals surface area contributed by atoms with Crippen molar-refractivity contribution in [2.75, 3.05) is 0 Å². The highest BCUT2D eigenvalue weighted by Crippen LogP contribution is 2.18. The van der Waals surface area contributed by atoms with Gasteiger partial charge in [-0.1, -0.05) is 11.8 Å². The van der Waals surface area contributed by atoms with Crippen molar-refractivity contribution in [1.82, 2.24) is 5.32 Å². The molecule has 1 heterocycles. The summed E-state index contributed by atoms with van der Waals surface area (Å²) in [7, 11) is 0. The second kappa shape index (κ2) is 5.83. The van der Waals surface area contributed by atoms with E-state index in [0.29, 0.717) is 10.9 Å². The third-order valence-electron chi connectivity index (χ3n) is 2.67. The Morgan fingerprint density at radius 1 is 1.40 bits per heavy atom. The summed E-state index contributed by atoms with van der Waals surface area (Å²) in [6.07, 6.45) is 0. The molecule has 1 aromatic carbocycles. The molecule has 0 saturated carbocycles. The van der Waals surface area contributed by atoms with Gasteiger partial charge in [-0.25, -0.2) is 0 Å². The first kappa shape index (κ1) is 14.2. The molecule has 1 amide bonds. The van der Waals surface area contributed by atoms with Gasteiger partial charge in [0.25, 0.3) is 5.69 Å². The maximum Gasteiger partial charge on any atom is 0.269 e. The van der Waals surface area contributed by atoms with Crippen molar-refractivity contribution in [1.29, 1.82) is 0 Å². The van der Waals surface area contributed by atoms with Gasteiger partial charge in [0.15, 0.2) is 5.17 Å². The molecule has 1 fully saturated rings. The molecule has 104 valence electrons. The Kier molecular flexibility index (Phi) is 4.14. The number of carbonyl (C=O) groups is 1. The van der Waals surface area contributed by atoms with Crippen LogP contribution < -0.4 is 5.32 Å². The van der Waals surface area contributed by atoms with Crippen LogP contribution in [0, 0.1) is 10.1 Å². The van der Waals surface area contributed by atoms with Gasteiger partial charge in [0, 0.05) is 12.1 Å². The molecule has 0 bridgehead atoms. The molecule has 1 atom stereocenters. The van der Waals surface area contributed by atoms with Crippen LogP contribution >= 0.6 is 11.8 Å². The zero-order valence-corrected chi connectivity index (χ0v) is 11.7. The van der Waals surface area contributed by atoms with Crippen LogP contribution in [0.25, 0.3) is 0 Å². The van der Waals surface area contributed by atoms with E-state index >= 15 is 0 Å². The molecule has 1 aliphatic rings. The first-order chi connectivity index (χ1) is 9.47. The third kappa shape index (κ3) is 3.21. The molecule has 0 aliphatic carbocycles. The minimum absolute atomic E-state index is 0.0281. The molecule has 20 heavy (non-hydrogen) atoms. The fourth-order valence-corrected chi connectivity index (χ4v) is 2.26. The SMILES string of the molecule is C/C(=N/N=C1\NC(=O)C(C)S1)c1ccc([N+](=O)[O-])cc1. The van der Waals surface area contributed by atoms with Crippen LogP contribution in [-0.2, 0) is 4.79 Å². The van der Waals surface area contributed by atoms with Crippen molar-refractivity contribution < 1.29 is 9.72 Å². The number of rotatable bonds is 3. The van der Waals surface area contributed by atoms with E-state index in [4.69, 9.17) is 0 Å². The quantitative estimate of drug-likeness (QED) is 0.523. The van der Waals surface area contributed by atoms with Crippen LogP contribution in [-0.4, -0.2) is 27.0 Å². The number of amidine groups is 1. The van der Waals surface area contributed by atoms with E-state index in [1.165, 1.54) is 23.9 Å². The Bertz CT molecular complexity index is 610. The molecule has 1 unspecified atom stereocenters. The predicted octanol–water partition coefficient (Wildman–Crippen LogP) is 1.93. The van der Waals surface area contributed by atoms with Gasteiger partial charge in [-0.3, -0.25) is 14.9 Å². The van der Waals surface area contributed by atoms with E-state index in [1.54, 1.807) is 26.0 Å². The largest absolute Gasteiger partial charge is 0.303 e. The van der Waals surface area contributed by atoms with E-state index in [-0.39, 0.29) is 16.8 Å². The molecular formula is C12H12N4O3S. The lowest BCUT2D eigenvalue weighted by Gasteiger charge is -1.98. The van der Waals surface area contributed by atoms with Crippen LogP contribution in [0.4, 0.5) is 5.69 Å². The number of thioether (sulfide) groups is 1. The molecule has 8 heteroatoms. The Hall–Kier alpha value is -2.22. The zero-order valence-electron chi connectivity index (χ0n) is 10.9. The van der Waals surface area contributed by atoms with Gasteiger partial charge < -0.3 is 5.32 Å². The summed E-state index contributed by atoms with van der Waals surface area (Å²) in [6, 6.07) is 6.05. The fourth-order valence-electron chi connectivity index (χ4n) is 1.51. The summed E-state index contributed by atoms with van der Waals surface area (Å²) in [4.78, 5) is 21.4. The highest BCUT2D eigenvalue weighted by Gasteiger charge is 2.25. The number of hydrogen-bond donors (Lipinski definition) is 1. The topological polar surface area (TPSA) is 97.0 Å². The van der Waals surface area contributed by atoms with E-state index in [9.17, 15) is 14.9 Å². The standard InChI is InChI=1S/C12H12N4O3S/c1-7(9-3-5-10(6-4-9)16(18)19)14-15-12-13-11(17)8(2)20-12/h3-6,8H,1-2H3,(H,13,15,17)/b14-7-. The smallest absolute Gasteiger partial charge is 0.269 e. The van der Waals surface area contributed by atoms with Gasteiger partial charge in [-0.05, 0) is 31.5 Å². The first-order valence-electron chi connectivity index (χ1n) is 5.82. The number of nitrogens with zero attached hydrogens (tertiary/aromatic N) is 3. The van der Waals surface area contributed by atoms with Crippen LogP contribution in [0.3, 0.4) is 0 Å². The number of carbonyl (C=O) groups excluding carboxylic acids is 1. The van der Waals surface area contributed by atoms with Crippen molar-refractivity contribution in [2.24, 2.45) is 10.2 Å². The lowest BCUT2D eigenvalue weighted by Crippen LogP contribution is -2.23. The lowest BCUT2D eigenvalue weighted by atomic mass is 10.1. The molecule has 0 spiro atoms. The summed E-state index contributed by atoms with van der Waals surface area (Å²) in [5.41, 5.74) is 1.38. The van der Waals surface area contributed by atoms with Crippen molar-refractivity contribution >= 4 is 34.2 Å². The first-order valence-corrected chi connectivity index (χ1v) is 6.70. The average molecular weight is 292 g/mol. The Morgan fingerprint density at radius 3 is 2.55 bits per heavy atom. The Balaban J connectivity index is 2.13. The van der Waals surface area contributed by atoms with Gasteiger partial charge in [-0.15, -0.1) is 5.10 Å². The van der Waals surface area contributed by atoms with E-state index in [2.05, 4.69) is 15.5 Å². The number of nitro groups is 1. The molecule has 0 radical (unpaired) electrons. The second-order valence-electron chi connectivity index (χ2n) is 4.14.